The number of nitrogens with one attached hydrogen (secondary N) is 2. The maximum absolute atomic E-state index is 12.9. The molecule has 8 nitrogen and oxygen atoms in total. The van der Waals surface area contributed by atoms with E-state index in [0.29, 0.717) is 22.3 Å². The standard InChI is InChI=1S/C26H24N4O4/c27-16-18-9-7-8-17(14-18)15-21(24(28)32)29-26(34)23(31)22(19-10-3-1-4-11-19)30-25(33)20-12-5-2-6-13-20/h1-14,21-23,31H,15H2,(H2,28,32)(H,29,34)(H,30,33)/t21-,22-,23+/m0/s1. The third-order valence-electron chi connectivity index (χ3n) is 5.22. The van der Waals surface area contributed by atoms with Crippen LogP contribution in [0.1, 0.15) is 33.1 Å². The van der Waals surface area contributed by atoms with Crippen molar-refractivity contribution in [3.8, 4) is 6.07 Å². The first-order valence-corrected chi connectivity index (χ1v) is 10.6. The number of aliphatic hydroxyl groups is 1. The summed E-state index contributed by atoms with van der Waals surface area (Å²) in [5, 5.41) is 25.1. The number of hydrogen-bond donors (Lipinski definition) is 4. The highest BCUT2D eigenvalue weighted by atomic mass is 16.3. The average molecular weight is 457 g/mol. The van der Waals surface area contributed by atoms with Crippen molar-refractivity contribution in [2.45, 2.75) is 24.6 Å². The summed E-state index contributed by atoms with van der Waals surface area (Å²) >= 11 is 0. The number of nitriles is 1. The van der Waals surface area contributed by atoms with E-state index in [1.54, 1.807) is 84.9 Å². The van der Waals surface area contributed by atoms with Crippen LogP contribution in [0.5, 0.6) is 0 Å². The van der Waals surface area contributed by atoms with Gasteiger partial charge in [-0.15, -0.1) is 0 Å². The summed E-state index contributed by atoms with van der Waals surface area (Å²) in [6.07, 6.45) is -1.67. The normalized spacial score (nSPS) is 13.1. The van der Waals surface area contributed by atoms with E-state index in [1.807, 2.05) is 6.07 Å². The Balaban J connectivity index is 1.79. The van der Waals surface area contributed by atoms with Crippen molar-refractivity contribution in [2.24, 2.45) is 5.73 Å². The second-order valence-corrected chi connectivity index (χ2v) is 7.65. The molecule has 0 radical (unpaired) electrons. The number of nitrogens with two attached hydrogens (primary N) is 1. The van der Waals surface area contributed by atoms with Crippen LogP contribution in [0.4, 0.5) is 0 Å². The highest BCUT2D eigenvalue weighted by Crippen LogP contribution is 2.19. The Morgan fingerprint density at radius 3 is 2.18 bits per heavy atom. The number of hydrogen-bond acceptors (Lipinski definition) is 5. The minimum Gasteiger partial charge on any atom is -0.381 e. The lowest BCUT2D eigenvalue weighted by atomic mass is 9.98. The summed E-state index contributed by atoms with van der Waals surface area (Å²) in [4.78, 5) is 37.7. The molecular weight excluding hydrogens is 432 g/mol. The first kappa shape index (κ1) is 24.2. The summed E-state index contributed by atoms with van der Waals surface area (Å²) in [6, 6.07) is 23.3. The molecular formula is C26H24N4O4. The van der Waals surface area contributed by atoms with Gasteiger partial charge in [0.05, 0.1) is 17.7 Å². The smallest absolute Gasteiger partial charge is 0.252 e. The van der Waals surface area contributed by atoms with Gasteiger partial charge in [-0.1, -0.05) is 60.7 Å². The molecule has 0 heterocycles. The highest BCUT2D eigenvalue weighted by Gasteiger charge is 2.31. The molecule has 0 unspecified atom stereocenters. The summed E-state index contributed by atoms with van der Waals surface area (Å²) in [6.45, 7) is 0. The van der Waals surface area contributed by atoms with Gasteiger partial charge in [-0.05, 0) is 35.4 Å². The van der Waals surface area contributed by atoms with Crippen LogP contribution >= 0.6 is 0 Å². The van der Waals surface area contributed by atoms with Crippen molar-refractivity contribution < 1.29 is 19.5 Å². The first-order valence-electron chi connectivity index (χ1n) is 10.6. The van der Waals surface area contributed by atoms with Gasteiger partial charge in [-0.25, -0.2) is 0 Å². The lowest BCUT2D eigenvalue weighted by Gasteiger charge is -2.26. The van der Waals surface area contributed by atoms with Crippen LogP contribution in [-0.2, 0) is 16.0 Å². The Kier molecular flexibility index (Phi) is 8.11. The van der Waals surface area contributed by atoms with Crippen LogP contribution in [0.3, 0.4) is 0 Å². The molecule has 0 saturated heterocycles. The zero-order valence-electron chi connectivity index (χ0n) is 18.2. The zero-order valence-corrected chi connectivity index (χ0v) is 18.2. The molecule has 34 heavy (non-hydrogen) atoms. The molecule has 0 saturated carbocycles. The average Bonchev–Trinajstić information content (AvgIpc) is 2.87. The lowest BCUT2D eigenvalue weighted by molar-refractivity contribution is -0.134. The first-order chi connectivity index (χ1) is 16.4. The van der Waals surface area contributed by atoms with E-state index in [1.165, 1.54) is 0 Å². The minimum absolute atomic E-state index is 0.0374. The number of nitrogens with zero attached hydrogens (tertiary/aromatic N) is 1. The van der Waals surface area contributed by atoms with E-state index in [-0.39, 0.29) is 6.42 Å². The van der Waals surface area contributed by atoms with Crippen LogP contribution in [-0.4, -0.2) is 35.0 Å². The van der Waals surface area contributed by atoms with Gasteiger partial charge in [0.1, 0.15) is 6.04 Å². The van der Waals surface area contributed by atoms with Crippen molar-refractivity contribution in [3.63, 3.8) is 0 Å². The number of primary amides is 1. The Bertz CT molecular complexity index is 1190. The van der Waals surface area contributed by atoms with E-state index in [0.717, 1.165) is 0 Å². The van der Waals surface area contributed by atoms with Gasteiger partial charge in [0.2, 0.25) is 5.91 Å². The van der Waals surface area contributed by atoms with E-state index in [9.17, 15) is 19.5 Å². The molecule has 3 atom stereocenters. The summed E-state index contributed by atoms with van der Waals surface area (Å²) in [5.74, 6) is -2.14. The van der Waals surface area contributed by atoms with E-state index in [2.05, 4.69) is 10.6 Å². The molecule has 172 valence electrons. The molecule has 0 bridgehead atoms. The zero-order chi connectivity index (χ0) is 24.5. The maximum atomic E-state index is 12.9. The monoisotopic (exact) mass is 456 g/mol. The molecule has 0 aliphatic carbocycles. The third kappa shape index (κ3) is 6.28. The van der Waals surface area contributed by atoms with Crippen molar-refractivity contribution in [1.82, 2.24) is 10.6 Å². The van der Waals surface area contributed by atoms with Crippen LogP contribution in [0.15, 0.2) is 84.9 Å². The molecule has 0 fully saturated rings. The summed E-state index contributed by atoms with van der Waals surface area (Å²) in [7, 11) is 0. The van der Waals surface area contributed by atoms with Gasteiger partial charge in [0, 0.05) is 12.0 Å². The molecule has 3 aromatic rings. The van der Waals surface area contributed by atoms with E-state index < -0.39 is 35.9 Å². The van der Waals surface area contributed by atoms with Gasteiger partial charge in [0.15, 0.2) is 6.10 Å². The molecule has 0 aromatic heterocycles. The Labute approximate surface area is 197 Å². The quantitative estimate of drug-likeness (QED) is 0.386. The van der Waals surface area contributed by atoms with Crippen LogP contribution in [0.2, 0.25) is 0 Å². The Morgan fingerprint density at radius 1 is 0.912 bits per heavy atom. The maximum Gasteiger partial charge on any atom is 0.252 e. The minimum atomic E-state index is -1.71. The fraction of sp³-hybridized carbons (Fsp3) is 0.154. The molecule has 3 rings (SSSR count). The molecule has 3 aromatic carbocycles. The predicted molar refractivity (Wildman–Crippen MR) is 125 cm³/mol. The van der Waals surface area contributed by atoms with E-state index >= 15 is 0 Å². The van der Waals surface area contributed by atoms with Crippen LogP contribution in [0.25, 0.3) is 0 Å². The Morgan fingerprint density at radius 2 is 1.56 bits per heavy atom. The predicted octanol–water partition coefficient (Wildman–Crippen LogP) is 1.60. The second kappa shape index (κ2) is 11.4. The molecule has 5 N–H and O–H groups in total. The van der Waals surface area contributed by atoms with Crippen molar-refractivity contribution in [1.29, 1.82) is 5.26 Å². The number of carbonyl (C=O) groups excluding carboxylic acids is 3. The molecule has 8 heteroatoms. The van der Waals surface area contributed by atoms with Gasteiger partial charge in [-0.2, -0.15) is 5.26 Å². The van der Waals surface area contributed by atoms with Gasteiger partial charge in [-0.3, -0.25) is 14.4 Å². The lowest BCUT2D eigenvalue weighted by Crippen LogP contribution is -2.52. The molecule has 0 aliphatic rings. The molecule has 0 spiro atoms. The number of aliphatic hydroxyl groups excluding tert-OH is 1. The third-order valence-corrected chi connectivity index (χ3v) is 5.22. The highest BCUT2D eigenvalue weighted by molar-refractivity contribution is 5.95. The number of benzene rings is 3. The van der Waals surface area contributed by atoms with Gasteiger partial charge < -0.3 is 21.5 Å². The Hall–Kier alpha value is -4.48. The number of amides is 3. The number of carbonyl (C=O) groups is 3. The molecule has 0 aliphatic heterocycles. The van der Waals surface area contributed by atoms with Crippen molar-refractivity contribution in [3.05, 3.63) is 107 Å². The van der Waals surface area contributed by atoms with E-state index in [4.69, 9.17) is 11.0 Å². The summed E-state index contributed by atoms with van der Waals surface area (Å²) < 4.78 is 0. The van der Waals surface area contributed by atoms with Crippen LogP contribution < -0.4 is 16.4 Å². The summed E-state index contributed by atoms with van der Waals surface area (Å²) in [5.41, 5.74) is 7.37. The second-order valence-electron chi connectivity index (χ2n) is 7.65. The largest absolute Gasteiger partial charge is 0.381 e. The van der Waals surface area contributed by atoms with Crippen molar-refractivity contribution >= 4 is 17.7 Å². The van der Waals surface area contributed by atoms with Crippen molar-refractivity contribution in [2.75, 3.05) is 0 Å². The number of rotatable bonds is 9. The SMILES string of the molecule is N#Cc1cccc(C[C@H](NC(=O)[C@H](O)[C@@H](NC(=O)c2ccccc2)c2ccccc2)C(N)=O)c1. The fourth-order valence-corrected chi connectivity index (χ4v) is 3.45. The van der Waals surface area contributed by atoms with Gasteiger partial charge in [0.25, 0.3) is 11.8 Å². The van der Waals surface area contributed by atoms with Crippen LogP contribution in [0, 0.1) is 11.3 Å². The van der Waals surface area contributed by atoms with Gasteiger partial charge >= 0.3 is 0 Å². The fourth-order valence-electron chi connectivity index (χ4n) is 3.45. The topological polar surface area (TPSA) is 145 Å². The molecule has 3 amide bonds.